The summed E-state index contributed by atoms with van der Waals surface area (Å²) in [6.45, 7) is 5.26. The highest BCUT2D eigenvalue weighted by molar-refractivity contribution is 5.84. The van der Waals surface area contributed by atoms with Crippen molar-refractivity contribution >= 4 is 5.91 Å². The van der Waals surface area contributed by atoms with Crippen LogP contribution in [0.2, 0.25) is 0 Å². The first-order chi connectivity index (χ1) is 9.00. The molecule has 0 aliphatic heterocycles. The monoisotopic (exact) mass is 267 g/mol. The van der Waals surface area contributed by atoms with Crippen LogP contribution < -0.4 is 11.1 Å². The number of carbonyl (C=O) groups excluding carboxylic acids is 1. The summed E-state index contributed by atoms with van der Waals surface area (Å²) in [6.07, 6.45) is 4.91. The molecule has 0 heterocycles. The Hall–Kier alpha value is -1.26. The molecule has 6 heteroatoms. The van der Waals surface area contributed by atoms with Gasteiger partial charge in [-0.05, 0) is 36.6 Å². The van der Waals surface area contributed by atoms with E-state index in [0.717, 1.165) is 25.7 Å². The summed E-state index contributed by atoms with van der Waals surface area (Å²) in [5.74, 6) is 0.909. The number of nitrogens with one attached hydrogen (secondary N) is 1. The molecule has 0 radical (unpaired) electrons. The van der Waals surface area contributed by atoms with Crippen molar-refractivity contribution in [3.63, 3.8) is 0 Å². The molecule has 2 unspecified atom stereocenters. The first-order valence-corrected chi connectivity index (χ1v) is 7.06. The predicted octanol–water partition coefficient (Wildman–Crippen LogP) is 2.35. The molecule has 1 fully saturated rings. The van der Waals surface area contributed by atoms with Crippen LogP contribution >= 0.6 is 0 Å². The van der Waals surface area contributed by atoms with E-state index >= 15 is 0 Å². The fourth-order valence-electron chi connectivity index (χ4n) is 3.12. The van der Waals surface area contributed by atoms with Gasteiger partial charge in [0.05, 0.1) is 5.54 Å². The van der Waals surface area contributed by atoms with E-state index < -0.39 is 5.54 Å². The smallest absolute Gasteiger partial charge is 0.237 e. The zero-order chi connectivity index (χ0) is 14.3. The third kappa shape index (κ3) is 4.73. The summed E-state index contributed by atoms with van der Waals surface area (Å²) < 4.78 is 0. The number of primary amides is 1. The molecule has 0 aromatic rings. The maximum Gasteiger partial charge on any atom is 0.237 e. The SMILES string of the molecule is CC(C)CC1CCCC(NCCN=[N+]=[N-])(C(N)=O)C1. The fourth-order valence-corrected chi connectivity index (χ4v) is 3.12. The van der Waals surface area contributed by atoms with E-state index in [4.69, 9.17) is 11.3 Å². The van der Waals surface area contributed by atoms with Crippen LogP contribution in [0, 0.1) is 11.8 Å². The number of rotatable bonds is 7. The Labute approximate surface area is 114 Å². The molecule has 0 saturated heterocycles. The molecule has 0 aromatic heterocycles. The van der Waals surface area contributed by atoms with Gasteiger partial charge in [-0.2, -0.15) is 0 Å². The zero-order valence-corrected chi connectivity index (χ0v) is 11.9. The van der Waals surface area contributed by atoms with Gasteiger partial charge in [0, 0.05) is 18.0 Å². The molecule has 1 amide bonds. The van der Waals surface area contributed by atoms with Gasteiger partial charge in [0.1, 0.15) is 0 Å². The van der Waals surface area contributed by atoms with Gasteiger partial charge in [-0.15, -0.1) is 0 Å². The lowest BCUT2D eigenvalue weighted by Gasteiger charge is -2.40. The fraction of sp³-hybridized carbons (Fsp3) is 0.923. The molecule has 6 nitrogen and oxygen atoms in total. The van der Waals surface area contributed by atoms with Gasteiger partial charge >= 0.3 is 0 Å². The number of amides is 1. The largest absolute Gasteiger partial charge is 0.368 e. The number of hydrogen-bond acceptors (Lipinski definition) is 3. The van der Waals surface area contributed by atoms with Crippen molar-refractivity contribution in [2.24, 2.45) is 22.7 Å². The van der Waals surface area contributed by atoms with Gasteiger partial charge in [0.2, 0.25) is 5.91 Å². The maximum atomic E-state index is 11.8. The molecular weight excluding hydrogens is 242 g/mol. The Morgan fingerprint density at radius 2 is 2.37 bits per heavy atom. The van der Waals surface area contributed by atoms with Crippen molar-refractivity contribution in [2.75, 3.05) is 13.1 Å². The minimum Gasteiger partial charge on any atom is -0.368 e. The van der Waals surface area contributed by atoms with Gasteiger partial charge in [0.15, 0.2) is 0 Å². The van der Waals surface area contributed by atoms with Crippen LogP contribution in [0.15, 0.2) is 5.11 Å². The van der Waals surface area contributed by atoms with E-state index in [0.29, 0.717) is 24.9 Å². The molecule has 2 atom stereocenters. The minimum absolute atomic E-state index is 0.276. The predicted molar refractivity (Wildman–Crippen MR) is 75.4 cm³/mol. The lowest BCUT2D eigenvalue weighted by molar-refractivity contribution is -0.126. The molecule has 0 spiro atoms. The van der Waals surface area contributed by atoms with Crippen molar-refractivity contribution < 1.29 is 4.79 Å². The molecule has 1 aliphatic carbocycles. The van der Waals surface area contributed by atoms with Gasteiger partial charge in [-0.25, -0.2) is 0 Å². The molecule has 1 aliphatic rings. The van der Waals surface area contributed by atoms with Gasteiger partial charge in [0.25, 0.3) is 0 Å². The summed E-state index contributed by atoms with van der Waals surface area (Å²) >= 11 is 0. The van der Waals surface area contributed by atoms with Crippen LogP contribution in [0.1, 0.15) is 46.0 Å². The summed E-state index contributed by atoms with van der Waals surface area (Å²) in [7, 11) is 0. The van der Waals surface area contributed by atoms with E-state index in [1.54, 1.807) is 0 Å². The minimum atomic E-state index is -0.608. The summed E-state index contributed by atoms with van der Waals surface area (Å²) in [5, 5.41) is 6.71. The van der Waals surface area contributed by atoms with Crippen molar-refractivity contribution in [1.82, 2.24) is 5.32 Å². The lowest BCUT2D eigenvalue weighted by Crippen LogP contribution is -2.58. The van der Waals surface area contributed by atoms with Crippen LogP contribution in [-0.4, -0.2) is 24.5 Å². The summed E-state index contributed by atoms with van der Waals surface area (Å²) in [5.41, 5.74) is 13.3. The second-order valence-corrected chi connectivity index (χ2v) is 5.92. The third-order valence-corrected chi connectivity index (χ3v) is 3.87. The van der Waals surface area contributed by atoms with E-state index in [1.807, 2.05) is 0 Å². The number of nitrogens with zero attached hydrogens (tertiary/aromatic N) is 3. The molecule has 3 N–H and O–H groups in total. The molecule has 1 saturated carbocycles. The van der Waals surface area contributed by atoms with Crippen LogP contribution in [-0.2, 0) is 4.79 Å². The van der Waals surface area contributed by atoms with Crippen LogP contribution in [0.3, 0.4) is 0 Å². The van der Waals surface area contributed by atoms with Crippen molar-refractivity contribution in [1.29, 1.82) is 0 Å². The second-order valence-electron chi connectivity index (χ2n) is 5.92. The highest BCUT2D eigenvalue weighted by Crippen LogP contribution is 2.35. The van der Waals surface area contributed by atoms with Crippen molar-refractivity contribution in [3.05, 3.63) is 10.4 Å². The Kier molecular flexibility index (Phi) is 6.12. The average Bonchev–Trinajstić information content (AvgIpc) is 2.34. The van der Waals surface area contributed by atoms with Crippen molar-refractivity contribution in [3.8, 4) is 0 Å². The molecule has 19 heavy (non-hydrogen) atoms. The quantitative estimate of drug-likeness (QED) is 0.320. The maximum absolute atomic E-state index is 11.8. The van der Waals surface area contributed by atoms with Gasteiger partial charge in [-0.3, -0.25) is 4.79 Å². The number of hydrogen-bond donors (Lipinski definition) is 2. The Morgan fingerprint density at radius 1 is 1.63 bits per heavy atom. The summed E-state index contributed by atoms with van der Waals surface area (Å²) in [6, 6.07) is 0. The van der Waals surface area contributed by atoms with Crippen molar-refractivity contribution in [2.45, 2.75) is 51.5 Å². The number of azide groups is 1. The Morgan fingerprint density at radius 3 is 2.95 bits per heavy atom. The van der Waals surface area contributed by atoms with Gasteiger partial charge in [-0.1, -0.05) is 31.8 Å². The van der Waals surface area contributed by atoms with E-state index in [2.05, 4.69) is 29.2 Å². The molecular formula is C13H25N5O. The highest BCUT2D eigenvalue weighted by Gasteiger charge is 2.40. The first kappa shape index (κ1) is 15.8. The highest BCUT2D eigenvalue weighted by atomic mass is 16.1. The summed E-state index contributed by atoms with van der Waals surface area (Å²) in [4.78, 5) is 14.5. The Balaban J connectivity index is 2.63. The van der Waals surface area contributed by atoms with Gasteiger partial charge < -0.3 is 11.1 Å². The average molecular weight is 267 g/mol. The molecule has 0 aromatic carbocycles. The third-order valence-electron chi connectivity index (χ3n) is 3.87. The molecule has 0 bridgehead atoms. The van der Waals surface area contributed by atoms with Crippen LogP contribution in [0.5, 0.6) is 0 Å². The Bertz CT molecular complexity index is 351. The topological polar surface area (TPSA) is 104 Å². The molecule has 1 rings (SSSR count). The number of nitrogens with two attached hydrogens (primary N) is 1. The van der Waals surface area contributed by atoms with Crippen LogP contribution in [0.4, 0.5) is 0 Å². The van der Waals surface area contributed by atoms with E-state index in [-0.39, 0.29) is 5.91 Å². The standard InChI is InChI=1S/C13H25N5O/c1-10(2)8-11-4-3-5-13(9-11,12(14)19)16-6-7-17-18-15/h10-11,16H,3-9H2,1-2H3,(H2,14,19). The van der Waals surface area contributed by atoms with E-state index in [1.165, 1.54) is 6.42 Å². The lowest BCUT2D eigenvalue weighted by atomic mass is 9.72. The second kappa shape index (κ2) is 7.36. The number of carbonyl (C=O) groups is 1. The zero-order valence-electron chi connectivity index (χ0n) is 11.9. The van der Waals surface area contributed by atoms with Crippen LogP contribution in [0.25, 0.3) is 10.4 Å². The first-order valence-electron chi connectivity index (χ1n) is 7.06. The normalized spacial score (nSPS) is 27.0. The van der Waals surface area contributed by atoms with E-state index in [9.17, 15) is 4.79 Å². The molecule has 108 valence electrons.